The van der Waals surface area contributed by atoms with Gasteiger partial charge in [0.25, 0.3) is 11.1 Å². The van der Waals surface area contributed by atoms with Crippen molar-refractivity contribution in [2.45, 2.75) is 12.7 Å². The molecule has 0 amide bonds. The van der Waals surface area contributed by atoms with Gasteiger partial charge in [-0.05, 0) is 24.3 Å². The van der Waals surface area contributed by atoms with E-state index >= 15 is 0 Å². The molecule has 0 fully saturated rings. The smallest absolute Gasteiger partial charge is 0.437 e. The standard InChI is InChI=1S/C20H11ClF3N7O3/c21-12-1-10(5-25)2-14(3-12)34-16-17(20(22,23)24)26-9-31(19(16)33)8-13-4-15(18(32)30-29-13)11-6-27-28-7-11/h1-4,6-7,9H,8H2,(H,27,28)(H,30,32). The van der Waals surface area contributed by atoms with Crippen molar-refractivity contribution in [3.05, 3.63) is 85.7 Å². The number of nitrogens with zero attached hydrogens (tertiary/aromatic N) is 5. The molecule has 3 heterocycles. The third-order valence-corrected chi connectivity index (χ3v) is 4.70. The molecule has 0 aliphatic carbocycles. The van der Waals surface area contributed by atoms with Gasteiger partial charge < -0.3 is 4.74 Å². The Bertz CT molecular complexity index is 1520. The van der Waals surface area contributed by atoms with Crippen molar-refractivity contribution in [2.24, 2.45) is 0 Å². The van der Waals surface area contributed by atoms with Crippen molar-refractivity contribution in [2.75, 3.05) is 0 Å². The second-order valence-electron chi connectivity index (χ2n) is 6.83. The molecule has 0 unspecified atom stereocenters. The van der Waals surface area contributed by atoms with Crippen LogP contribution in [0.4, 0.5) is 13.2 Å². The van der Waals surface area contributed by atoms with E-state index in [1.54, 1.807) is 6.07 Å². The van der Waals surface area contributed by atoms with Crippen LogP contribution < -0.4 is 15.9 Å². The van der Waals surface area contributed by atoms with Crippen LogP contribution in [0.3, 0.4) is 0 Å². The molecule has 3 aromatic heterocycles. The van der Waals surface area contributed by atoms with Crippen LogP contribution in [0.2, 0.25) is 5.02 Å². The van der Waals surface area contributed by atoms with E-state index in [9.17, 15) is 22.8 Å². The Balaban J connectivity index is 1.77. The van der Waals surface area contributed by atoms with Crippen LogP contribution in [0.5, 0.6) is 11.5 Å². The number of hydrogen-bond donors (Lipinski definition) is 2. The number of nitrogens with one attached hydrogen (secondary N) is 2. The van der Waals surface area contributed by atoms with Gasteiger partial charge in [0.2, 0.25) is 5.75 Å². The van der Waals surface area contributed by atoms with Crippen molar-refractivity contribution < 1.29 is 17.9 Å². The van der Waals surface area contributed by atoms with E-state index < -0.39 is 28.7 Å². The highest BCUT2D eigenvalue weighted by Gasteiger charge is 2.38. The summed E-state index contributed by atoms with van der Waals surface area (Å²) in [5, 5.41) is 21.5. The molecular weight excluding hydrogens is 479 g/mol. The van der Waals surface area contributed by atoms with E-state index in [-0.39, 0.29) is 34.1 Å². The van der Waals surface area contributed by atoms with Gasteiger partial charge in [0.15, 0.2) is 5.69 Å². The number of H-pyrrole nitrogens is 2. The summed E-state index contributed by atoms with van der Waals surface area (Å²) in [5.41, 5.74) is -2.45. The van der Waals surface area contributed by atoms with Crippen molar-refractivity contribution in [3.63, 3.8) is 0 Å². The summed E-state index contributed by atoms with van der Waals surface area (Å²) < 4.78 is 46.7. The number of nitriles is 1. The quantitative estimate of drug-likeness (QED) is 0.438. The van der Waals surface area contributed by atoms with Gasteiger partial charge in [-0.2, -0.15) is 28.6 Å². The zero-order valence-corrected chi connectivity index (χ0v) is 17.5. The average Bonchev–Trinajstić information content (AvgIpc) is 3.31. The predicted octanol–water partition coefficient (Wildman–Crippen LogP) is 3.10. The molecule has 2 N–H and O–H groups in total. The number of halogens is 4. The lowest BCUT2D eigenvalue weighted by molar-refractivity contribution is -0.142. The minimum Gasteiger partial charge on any atom is -0.449 e. The number of benzene rings is 1. The molecule has 10 nitrogen and oxygen atoms in total. The summed E-state index contributed by atoms with van der Waals surface area (Å²) >= 11 is 5.88. The first-order chi connectivity index (χ1) is 16.2. The highest BCUT2D eigenvalue weighted by molar-refractivity contribution is 6.30. The molecule has 172 valence electrons. The van der Waals surface area contributed by atoms with Crippen LogP contribution in [0.15, 0.2) is 52.6 Å². The molecule has 0 spiro atoms. The molecule has 0 saturated carbocycles. The lowest BCUT2D eigenvalue weighted by Gasteiger charge is -2.15. The van der Waals surface area contributed by atoms with Crippen LogP contribution in [-0.2, 0) is 12.7 Å². The molecule has 0 radical (unpaired) electrons. The summed E-state index contributed by atoms with van der Waals surface area (Å²) in [4.78, 5) is 28.4. The van der Waals surface area contributed by atoms with Gasteiger partial charge in [-0.1, -0.05) is 11.6 Å². The summed E-state index contributed by atoms with van der Waals surface area (Å²) in [7, 11) is 0. The van der Waals surface area contributed by atoms with Crippen LogP contribution in [0.25, 0.3) is 11.1 Å². The van der Waals surface area contributed by atoms with E-state index in [2.05, 4.69) is 25.4 Å². The number of aromatic amines is 2. The number of aromatic nitrogens is 6. The SMILES string of the molecule is N#Cc1cc(Cl)cc(Oc2c(C(F)(F)F)ncn(Cc3cc(-c4cn[nH]c4)c(=O)[nH]n3)c2=O)c1. The van der Waals surface area contributed by atoms with Gasteiger partial charge in [0.05, 0.1) is 42.0 Å². The van der Waals surface area contributed by atoms with E-state index in [4.69, 9.17) is 21.6 Å². The highest BCUT2D eigenvalue weighted by Crippen LogP contribution is 2.35. The van der Waals surface area contributed by atoms with E-state index in [0.717, 1.165) is 16.7 Å². The fourth-order valence-electron chi connectivity index (χ4n) is 3.00. The minimum absolute atomic E-state index is 0.0180. The molecule has 34 heavy (non-hydrogen) atoms. The number of rotatable bonds is 5. The fraction of sp³-hybridized carbons (Fsp3) is 0.100. The van der Waals surface area contributed by atoms with Gasteiger partial charge in [0, 0.05) is 16.8 Å². The lowest BCUT2D eigenvalue weighted by atomic mass is 10.1. The number of ether oxygens (including phenoxy) is 1. The normalized spacial score (nSPS) is 11.3. The largest absolute Gasteiger partial charge is 0.449 e. The summed E-state index contributed by atoms with van der Waals surface area (Å²) in [5.74, 6) is -1.36. The topological polar surface area (TPSA) is 142 Å². The summed E-state index contributed by atoms with van der Waals surface area (Å²) in [6.45, 7) is -0.332. The van der Waals surface area contributed by atoms with Gasteiger partial charge >= 0.3 is 6.18 Å². The van der Waals surface area contributed by atoms with E-state index in [0.29, 0.717) is 11.9 Å². The third-order valence-electron chi connectivity index (χ3n) is 4.48. The maximum absolute atomic E-state index is 13.5. The van der Waals surface area contributed by atoms with Gasteiger partial charge in [0.1, 0.15) is 5.75 Å². The Morgan fingerprint density at radius 3 is 2.68 bits per heavy atom. The zero-order valence-electron chi connectivity index (χ0n) is 16.7. The van der Waals surface area contributed by atoms with E-state index in [1.165, 1.54) is 24.5 Å². The molecule has 0 saturated heterocycles. The Labute approximate surface area is 192 Å². The second-order valence-corrected chi connectivity index (χ2v) is 7.27. The summed E-state index contributed by atoms with van der Waals surface area (Å²) in [6, 6.07) is 6.71. The Morgan fingerprint density at radius 2 is 2.00 bits per heavy atom. The van der Waals surface area contributed by atoms with Gasteiger partial charge in [-0.3, -0.25) is 19.3 Å². The van der Waals surface area contributed by atoms with Crippen molar-refractivity contribution in [3.8, 4) is 28.7 Å². The minimum atomic E-state index is -5.01. The summed E-state index contributed by atoms with van der Waals surface area (Å²) in [6.07, 6.45) is -1.45. The van der Waals surface area contributed by atoms with Gasteiger partial charge in [-0.15, -0.1) is 0 Å². The number of alkyl halides is 3. The highest BCUT2D eigenvalue weighted by atomic mass is 35.5. The Hall–Kier alpha value is -4.44. The molecule has 0 aliphatic heterocycles. The van der Waals surface area contributed by atoms with Crippen molar-refractivity contribution >= 4 is 11.6 Å². The van der Waals surface area contributed by atoms with Crippen LogP contribution >= 0.6 is 11.6 Å². The maximum Gasteiger partial charge on any atom is 0.437 e. The van der Waals surface area contributed by atoms with E-state index in [1.807, 2.05) is 0 Å². The maximum atomic E-state index is 13.5. The molecule has 0 bridgehead atoms. The van der Waals surface area contributed by atoms with Crippen LogP contribution in [0.1, 0.15) is 17.0 Å². The Morgan fingerprint density at radius 1 is 1.21 bits per heavy atom. The fourth-order valence-corrected chi connectivity index (χ4v) is 3.22. The first-order valence-corrected chi connectivity index (χ1v) is 9.66. The van der Waals surface area contributed by atoms with Crippen LogP contribution in [0, 0.1) is 11.3 Å². The molecule has 1 aromatic carbocycles. The van der Waals surface area contributed by atoms with Crippen LogP contribution in [-0.4, -0.2) is 29.9 Å². The molecule has 4 aromatic rings. The third kappa shape index (κ3) is 4.66. The first-order valence-electron chi connectivity index (χ1n) is 9.28. The van der Waals surface area contributed by atoms with Crippen molar-refractivity contribution in [1.82, 2.24) is 29.9 Å². The molecule has 4 rings (SSSR count). The molecule has 0 atom stereocenters. The molecular formula is C20H11ClF3N7O3. The predicted molar refractivity (Wildman–Crippen MR) is 111 cm³/mol. The average molecular weight is 490 g/mol. The first kappa shape index (κ1) is 22.7. The monoisotopic (exact) mass is 489 g/mol. The zero-order chi connectivity index (χ0) is 24.5. The van der Waals surface area contributed by atoms with Gasteiger partial charge in [-0.25, -0.2) is 10.1 Å². The lowest BCUT2D eigenvalue weighted by Crippen LogP contribution is -2.27. The second kappa shape index (κ2) is 8.83. The Kier molecular flexibility index (Phi) is 5.91. The van der Waals surface area contributed by atoms with Crippen molar-refractivity contribution in [1.29, 1.82) is 5.26 Å². The number of hydrogen-bond acceptors (Lipinski definition) is 7. The molecule has 14 heteroatoms. The molecule has 0 aliphatic rings.